The Bertz CT molecular complexity index is 787. The van der Waals surface area contributed by atoms with Gasteiger partial charge in [-0.05, 0) is 36.4 Å². The second-order valence-corrected chi connectivity index (χ2v) is 5.86. The minimum atomic E-state index is -0.701. The van der Waals surface area contributed by atoms with Crippen LogP contribution in [0.1, 0.15) is 20.7 Å². The van der Waals surface area contributed by atoms with Gasteiger partial charge in [-0.25, -0.2) is 9.59 Å². The first-order valence-electron chi connectivity index (χ1n) is 8.52. The van der Waals surface area contributed by atoms with Crippen molar-refractivity contribution in [2.45, 2.75) is 18.5 Å². The average molecular weight is 368 g/mol. The molecule has 3 rings (SSSR count). The lowest BCUT2D eigenvalue weighted by Crippen LogP contribution is -2.42. The molecule has 3 atom stereocenters. The summed E-state index contributed by atoms with van der Waals surface area (Å²) in [6.07, 6.45) is 1.35. The number of carbonyl (C=O) groups excluding carboxylic acids is 2. The summed E-state index contributed by atoms with van der Waals surface area (Å²) >= 11 is 0. The van der Waals surface area contributed by atoms with Gasteiger partial charge in [0.1, 0.15) is 12.7 Å². The quantitative estimate of drug-likeness (QED) is 0.577. The van der Waals surface area contributed by atoms with Gasteiger partial charge < -0.3 is 18.9 Å². The van der Waals surface area contributed by atoms with Crippen molar-refractivity contribution in [2.24, 2.45) is 0 Å². The zero-order chi connectivity index (χ0) is 19.1. The molecule has 0 fully saturated rings. The van der Waals surface area contributed by atoms with Crippen LogP contribution in [0.3, 0.4) is 0 Å². The molecule has 2 aromatic rings. The summed E-state index contributed by atoms with van der Waals surface area (Å²) in [5.41, 5.74) is 0.866. The number of hydrogen-bond acceptors (Lipinski definition) is 6. The topological polar surface area (TPSA) is 71.1 Å². The Balaban J connectivity index is 1.65. The van der Waals surface area contributed by atoms with E-state index < -0.39 is 30.4 Å². The van der Waals surface area contributed by atoms with Crippen molar-refractivity contribution in [1.29, 1.82) is 0 Å². The molecular formula is C21H20O6. The lowest BCUT2D eigenvalue weighted by molar-refractivity contribution is -0.169. The molecule has 0 N–H and O–H groups in total. The zero-order valence-corrected chi connectivity index (χ0v) is 14.8. The fourth-order valence-corrected chi connectivity index (χ4v) is 2.58. The number of carbonyl (C=O) groups is 2. The predicted octanol–water partition coefficient (Wildman–Crippen LogP) is 3.00. The van der Waals surface area contributed by atoms with Crippen LogP contribution in [0.2, 0.25) is 0 Å². The molecule has 0 radical (unpaired) electrons. The fourth-order valence-electron chi connectivity index (χ4n) is 2.58. The molecule has 0 spiro atoms. The van der Waals surface area contributed by atoms with Gasteiger partial charge in [0.25, 0.3) is 0 Å². The highest BCUT2D eigenvalue weighted by molar-refractivity contribution is 5.90. The largest absolute Gasteiger partial charge is 0.459 e. The van der Waals surface area contributed by atoms with Gasteiger partial charge in [-0.1, -0.05) is 36.4 Å². The first-order chi connectivity index (χ1) is 13.2. The van der Waals surface area contributed by atoms with E-state index >= 15 is 0 Å². The van der Waals surface area contributed by atoms with Crippen LogP contribution >= 0.6 is 0 Å². The summed E-state index contributed by atoms with van der Waals surface area (Å²) < 4.78 is 21.7. The molecule has 0 saturated heterocycles. The smallest absolute Gasteiger partial charge is 0.338 e. The molecule has 6 nitrogen and oxygen atoms in total. The Morgan fingerprint density at radius 3 is 2.07 bits per heavy atom. The Hall–Kier alpha value is -2.96. The lowest BCUT2D eigenvalue weighted by Gasteiger charge is -2.31. The molecule has 1 aliphatic heterocycles. The van der Waals surface area contributed by atoms with E-state index in [2.05, 4.69) is 0 Å². The molecule has 27 heavy (non-hydrogen) atoms. The minimum absolute atomic E-state index is 0.0787. The van der Waals surface area contributed by atoms with Gasteiger partial charge in [-0.2, -0.15) is 0 Å². The maximum absolute atomic E-state index is 12.3. The Morgan fingerprint density at radius 1 is 0.889 bits per heavy atom. The summed E-state index contributed by atoms with van der Waals surface area (Å²) in [7, 11) is 1.50. The number of benzene rings is 2. The Morgan fingerprint density at radius 2 is 1.48 bits per heavy atom. The number of rotatable bonds is 6. The highest BCUT2D eigenvalue weighted by Gasteiger charge is 2.31. The molecule has 6 heteroatoms. The second kappa shape index (κ2) is 9.12. The van der Waals surface area contributed by atoms with Crippen molar-refractivity contribution >= 4 is 11.9 Å². The van der Waals surface area contributed by atoms with Gasteiger partial charge in [0.2, 0.25) is 0 Å². The summed E-state index contributed by atoms with van der Waals surface area (Å²) in [6, 6.07) is 17.3. The van der Waals surface area contributed by atoms with E-state index in [-0.39, 0.29) is 6.61 Å². The molecule has 2 aromatic carbocycles. The highest BCUT2D eigenvalue weighted by atomic mass is 16.7. The summed E-state index contributed by atoms with van der Waals surface area (Å²) in [5, 5.41) is 0. The SMILES string of the molecule is CO[C@@H]1C=C[C@H](OC(=O)c2ccccc2)[C@@H](COC(=O)c2ccccc2)O1. The molecule has 1 heterocycles. The maximum Gasteiger partial charge on any atom is 0.338 e. The van der Waals surface area contributed by atoms with Crippen molar-refractivity contribution in [2.75, 3.05) is 13.7 Å². The molecule has 0 bridgehead atoms. The average Bonchev–Trinajstić information content (AvgIpc) is 2.74. The van der Waals surface area contributed by atoms with Crippen molar-refractivity contribution in [3.05, 3.63) is 83.9 Å². The van der Waals surface area contributed by atoms with Crippen LogP contribution in [0, 0.1) is 0 Å². The molecular weight excluding hydrogens is 348 g/mol. The van der Waals surface area contributed by atoms with E-state index in [1.54, 1.807) is 60.7 Å². The fraction of sp³-hybridized carbons (Fsp3) is 0.238. The van der Waals surface area contributed by atoms with E-state index in [4.69, 9.17) is 18.9 Å². The third-order valence-corrected chi connectivity index (χ3v) is 4.01. The van der Waals surface area contributed by atoms with Crippen molar-refractivity contribution < 1.29 is 28.5 Å². The van der Waals surface area contributed by atoms with Gasteiger partial charge >= 0.3 is 11.9 Å². The van der Waals surface area contributed by atoms with Crippen molar-refractivity contribution in [3.8, 4) is 0 Å². The van der Waals surface area contributed by atoms with Gasteiger partial charge in [0, 0.05) is 7.11 Å². The molecule has 0 unspecified atom stereocenters. The number of hydrogen-bond donors (Lipinski definition) is 0. The first-order valence-corrected chi connectivity index (χ1v) is 8.52. The van der Waals surface area contributed by atoms with Crippen LogP contribution in [0.15, 0.2) is 72.8 Å². The third kappa shape index (κ3) is 5.03. The zero-order valence-electron chi connectivity index (χ0n) is 14.8. The monoisotopic (exact) mass is 368 g/mol. The number of methoxy groups -OCH3 is 1. The van der Waals surface area contributed by atoms with E-state index in [9.17, 15) is 9.59 Å². The van der Waals surface area contributed by atoms with E-state index in [0.717, 1.165) is 0 Å². The van der Waals surface area contributed by atoms with Crippen LogP contribution < -0.4 is 0 Å². The van der Waals surface area contributed by atoms with E-state index in [1.165, 1.54) is 7.11 Å². The van der Waals surface area contributed by atoms with Crippen LogP contribution in [0.5, 0.6) is 0 Å². The Labute approximate surface area is 157 Å². The summed E-state index contributed by atoms with van der Waals surface area (Å²) in [4.78, 5) is 24.5. The molecule has 1 aliphatic rings. The first kappa shape index (κ1) is 18.8. The summed E-state index contributed by atoms with van der Waals surface area (Å²) in [6.45, 7) is -0.0787. The Kier molecular flexibility index (Phi) is 6.35. The van der Waals surface area contributed by atoms with Gasteiger partial charge in [-0.3, -0.25) is 0 Å². The minimum Gasteiger partial charge on any atom is -0.459 e. The van der Waals surface area contributed by atoms with E-state index in [1.807, 2.05) is 12.1 Å². The lowest BCUT2D eigenvalue weighted by atomic mass is 10.1. The van der Waals surface area contributed by atoms with Crippen LogP contribution in [-0.2, 0) is 18.9 Å². The van der Waals surface area contributed by atoms with Gasteiger partial charge in [0.05, 0.1) is 11.1 Å². The number of esters is 2. The van der Waals surface area contributed by atoms with Crippen LogP contribution in [0.4, 0.5) is 0 Å². The third-order valence-electron chi connectivity index (χ3n) is 4.01. The van der Waals surface area contributed by atoms with Crippen molar-refractivity contribution in [3.63, 3.8) is 0 Å². The van der Waals surface area contributed by atoms with Gasteiger partial charge in [-0.15, -0.1) is 0 Å². The van der Waals surface area contributed by atoms with Crippen molar-refractivity contribution in [1.82, 2.24) is 0 Å². The molecule has 0 saturated carbocycles. The van der Waals surface area contributed by atoms with Gasteiger partial charge in [0.15, 0.2) is 12.4 Å². The molecule has 140 valence electrons. The second-order valence-electron chi connectivity index (χ2n) is 5.86. The van der Waals surface area contributed by atoms with Crippen LogP contribution in [0.25, 0.3) is 0 Å². The molecule has 0 aromatic heterocycles. The molecule has 0 aliphatic carbocycles. The predicted molar refractivity (Wildman–Crippen MR) is 97.2 cm³/mol. The maximum atomic E-state index is 12.3. The normalized spacial score (nSPS) is 21.4. The van der Waals surface area contributed by atoms with E-state index in [0.29, 0.717) is 11.1 Å². The summed E-state index contributed by atoms with van der Waals surface area (Å²) in [5.74, 6) is -0.958. The standard InChI is InChI=1S/C21H20O6/c1-24-19-13-12-17(27-21(23)16-10-6-3-7-11-16)18(26-19)14-25-20(22)15-8-4-2-5-9-15/h2-13,17-19H,14H2,1H3/t17-,18+,19-/m0/s1. The number of ether oxygens (including phenoxy) is 4. The van der Waals surface area contributed by atoms with Crippen LogP contribution in [-0.4, -0.2) is 44.2 Å². The molecule has 0 amide bonds. The highest BCUT2D eigenvalue weighted by Crippen LogP contribution is 2.19.